The highest BCUT2D eigenvalue weighted by molar-refractivity contribution is 6.03. The van der Waals surface area contributed by atoms with Gasteiger partial charge in [-0.05, 0) is 43.3 Å². The number of ether oxygens (including phenoxy) is 1. The first-order valence-electron chi connectivity index (χ1n) is 7.93. The zero-order valence-electron chi connectivity index (χ0n) is 13.8. The van der Waals surface area contributed by atoms with Crippen LogP contribution in [0.1, 0.15) is 17.3 Å². The molecule has 124 valence electrons. The van der Waals surface area contributed by atoms with Gasteiger partial charge in [0.15, 0.2) is 0 Å². The Balaban J connectivity index is 1.76. The van der Waals surface area contributed by atoms with Gasteiger partial charge in [-0.3, -0.25) is 9.59 Å². The van der Waals surface area contributed by atoms with E-state index in [4.69, 9.17) is 4.74 Å². The van der Waals surface area contributed by atoms with Crippen LogP contribution in [0.3, 0.4) is 0 Å². The van der Waals surface area contributed by atoms with Gasteiger partial charge >= 0.3 is 0 Å². The summed E-state index contributed by atoms with van der Waals surface area (Å²) in [4.78, 5) is 28.8. The van der Waals surface area contributed by atoms with Gasteiger partial charge < -0.3 is 14.5 Å². The zero-order valence-corrected chi connectivity index (χ0v) is 13.8. The third kappa shape index (κ3) is 2.97. The molecular formula is C19H20N2O3. The van der Waals surface area contributed by atoms with Crippen molar-refractivity contribution in [2.45, 2.75) is 13.0 Å². The molecule has 2 amide bonds. The molecule has 0 unspecified atom stereocenters. The number of carbonyl (C=O) groups is 2. The Hall–Kier alpha value is -2.82. The van der Waals surface area contributed by atoms with Crippen LogP contribution in [0, 0.1) is 0 Å². The first kappa shape index (κ1) is 16.1. The highest BCUT2D eigenvalue weighted by atomic mass is 16.5. The molecule has 24 heavy (non-hydrogen) atoms. The lowest BCUT2D eigenvalue weighted by atomic mass is 10.1. The maximum Gasteiger partial charge on any atom is 0.254 e. The standard InChI is InChI=1S/C19H20N2O3/c1-14-18(22)21(16-6-4-3-5-7-16)13-12-20(14)19(23)15-8-10-17(24-2)11-9-15/h3-11,14H,12-13H2,1-2H3/t14-/m1/s1. The molecule has 0 spiro atoms. The fourth-order valence-corrected chi connectivity index (χ4v) is 2.91. The zero-order chi connectivity index (χ0) is 17.1. The van der Waals surface area contributed by atoms with Crippen LogP contribution < -0.4 is 9.64 Å². The average Bonchev–Trinajstić information content (AvgIpc) is 2.64. The summed E-state index contributed by atoms with van der Waals surface area (Å²) in [6, 6.07) is 16.0. The number of methoxy groups -OCH3 is 1. The molecule has 0 bridgehead atoms. The van der Waals surface area contributed by atoms with E-state index in [9.17, 15) is 9.59 Å². The van der Waals surface area contributed by atoms with Crippen molar-refractivity contribution in [3.63, 3.8) is 0 Å². The SMILES string of the molecule is COc1ccc(C(=O)N2CCN(c3ccccc3)C(=O)[C@H]2C)cc1. The van der Waals surface area contributed by atoms with Crippen molar-refractivity contribution in [2.24, 2.45) is 0 Å². The fraction of sp³-hybridized carbons (Fsp3) is 0.263. The van der Waals surface area contributed by atoms with E-state index in [1.807, 2.05) is 30.3 Å². The highest BCUT2D eigenvalue weighted by Gasteiger charge is 2.35. The van der Waals surface area contributed by atoms with E-state index in [2.05, 4.69) is 0 Å². The fourth-order valence-electron chi connectivity index (χ4n) is 2.91. The van der Waals surface area contributed by atoms with Crippen molar-refractivity contribution < 1.29 is 14.3 Å². The Labute approximate surface area is 141 Å². The lowest BCUT2D eigenvalue weighted by molar-refractivity contribution is -0.124. The van der Waals surface area contributed by atoms with Crippen LogP contribution >= 0.6 is 0 Å². The number of amides is 2. The summed E-state index contributed by atoms with van der Waals surface area (Å²) in [6.07, 6.45) is 0. The second-order valence-electron chi connectivity index (χ2n) is 5.73. The largest absolute Gasteiger partial charge is 0.497 e. The molecular weight excluding hydrogens is 304 g/mol. The number of benzene rings is 2. The Kier molecular flexibility index (Phi) is 4.51. The number of rotatable bonds is 3. The summed E-state index contributed by atoms with van der Waals surface area (Å²) in [6.45, 7) is 2.78. The minimum atomic E-state index is -0.492. The molecule has 0 aromatic heterocycles. The van der Waals surface area contributed by atoms with E-state index in [-0.39, 0.29) is 11.8 Å². The number of anilines is 1. The van der Waals surface area contributed by atoms with E-state index in [0.717, 1.165) is 5.69 Å². The molecule has 1 atom stereocenters. The molecule has 1 fully saturated rings. The van der Waals surface area contributed by atoms with Gasteiger partial charge in [-0.2, -0.15) is 0 Å². The maximum absolute atomic E-state index is 12.7. The van der Waals surface area contributed by atoms with E-state index in [1.54, 1.807) is 48.1 Å². The molecule has 1 heterocycles. The van der Waals surface area contributed by atoms with Gasteiger partial charge in [0.25, 0.3) is 5.91 Å². The predicted molar refractivity (Wildman–Crippen MR) is 92.3 cm³/mol. The molecule has 1 aliphatic rings. The number of piperazine rings is 1. The lowest BCUT2D eigenvalue weighted by Crippen LogP contribution is -2.57. The van der Waals surface area contributed by atoms with Crippen molar-refractivity contribution in [2.75, 3.05) is 25.1 Å². The second-order valence-corrected chi connectivity index (χ2v) is 5.73. The van der Waals surface area contributed by atoms with E-state index < -0.39 is 6.04 Å². The van der Waals surface area contributed by atoms with Crippen molar-refractivity contribution >= 4 is 17.5 Å². The number of hydrogen-bond donors (Lipinski definition) is 0. The first-order valence-corrected chi connectivity index (χ1v) is 7.93. The third-order valence-electron chi connectivity index (χ3n) is 4.32. The van der Waals surface area contributed by atoms with Gasteiger partial charge in [0.2, 0.25) is 5.91 Å². The lowest BCUT2D eigenvalue weighted by Gasteiger charge is -2.39. The molecule has 3 rings (SSSR count). The van der Waals surface area contributed by atoms with Crippen LogP contribution in [0.4, 0.5) is 5.69 Å². The molecule has 0 saturated carbocycles. The first-order chi connectivity index (χ1) is 11.6. The number of nitrogens with zero attached hydrogens (tertiary/aromatic N) is 2. The molecule has 2 aromatic carbocycles. The Bertz CT molecular complexity index is 728. The minimum Gasteiger partial charge on any atom is -0.497 e. The molecule has 2 aromatic rings. The number of para-hydroxylation sites is 1. The van der Waals surface area contributed by atoms with Crippen molar-refractivity contribution in [3.8, 4) is 5.75 Å². The van der Waals surface area contributed by atoms with Gasteiger partial charge in [0, 0.05) is 24.3 Å². The summed E-state index contributed by atoms with van der Waals surface area (Å²) in [5.74, 6) is 0.505. The van der Waals surface area contributed by atoms with E-state index in [1.165, 1.54) is 0 Å². The summed E-state index contributed by atoms with van der Waals surface area (Å²) in [5, 5.41) is 0. The quantitative estimate of drug-likeness (QED) is 0.872. The molecule has 1 saturated heterocycles. The second kappa shape index (κ2) is 6.74. The van der Waals surface area contributed by atoms with Crippen LogP contribution in [-0.4, -0.2) is 43.0 Å². The monoisotopic (exact) mass is 324 g/mol. The summed E-state index contributed by atoms with van der Waals surface area (Å²) in [7, 11) is 1.58. The maximum atomic E-state index is 12.7. The Morgan fingerprint density at radius 1 is 1.04 bits per heavy atom. The molecule has 5 heteroatoms. The molecule has 0 radical (unpaired) electrons. The van der Waals surface area contributed by atoms with E-state index >= 15 is 0 Å². The predicted octanol–water partition coefficient (Wildman–Crippen LogP) is 2.57. The smallest absolute Gasteiger partial charge is 0.254 e. The van der Waals surface area contributed by atoms with Crippen molar-refractivity contribution in [3.05, 3.63) is 60.2 Å². The van der Waals surface area contributed by atoms with Crippen LogP contribution in [0.15, 0.2) is 54.6 Å². The third-order valence-corrected chi connectivity index (χ3v) is 4.32. The number of carbonyl (C=O) groups excluding carboxylic acids is 2. The van der Waals surface area contributed by atoms with Crippen LogP contribution in [0.25, 0.3) is 0 Å². The van der Waals surface area contributed by atoms with Gasteiger partial charge in [-0.25, -0.2) is 0 Å². The van der Waals surface area contributed by atoms with Crippen LogP contribution in [0.5, 0.6) is 5.75 Å². The highest BCUT2D eigenvalue weighted by Crippen LogP contribution is 2.22. The van der Waals surface area contributed by atoms with Gasteiger partial charge in [-0.1, -0.05) is 18.2 Å². The molecule has 1 aliphatic heterocycles. The molecule has 5 nitrogen and oxygen atoms in total. The average molecular weight is 324 g/mol. The topological polar surface area (TPSA) is 49.9 Å². The van der Waals surface area contributed by atoms with Gasteiger partial charge in [0.05, 0.1) is 7.11 Å². The van der Waals surface area contributed by atoms with Crippen LogP contribution in [-0.2, 0) is 4.79 Å². The molecule has 0 N–H and O–H groups in total. The Morgan fingerprint density at radius 3 is 2.33 bits per heavy atom. The van der Waals surface area contributed by atoms with E-state index in [0.29, 0.717) is 24.4 Å². The van der Waals surface area contributed by atoms with Crippen molar-refractivity contribution in [1.82, 2.24) is 4.90 Å². The normalized spacial score (nSPS) is 17.8. The van der Waals surface area contributed by atoms with Gasteiger partial charge in [-0.15, -0.1) is 0 Å². The van der Waals surface area contributed by atoms with Gasteiger partial charge in [0.1, 0.15) is 11.8 Å². The summed E-state index contributed by atoms with van der Waals surface area (Å²) in [5.41, 5.74) is 1.43. The Morgan fingerprint density at radius 2 is 1.71 bits per heavy atom. The minimum absolute atomic E-state index is 0.0608. The van der Waals surface area contributed by atoms with Crippen LogP contribution in [0.2, 0.25) is 0 Å². The summed E-state index contributed by atoms with van der Waals surface area (Å²) < 4.78 is 5.11. The molecule has 0 aliphatic carbocycles. The number of hydrogen-bond acceptors (Lipinski definition) is 3. The summed E-state index contributed by atoms with van der Waals surface area (Å²) >= 11 is 0. The van der Waals surface area contributed by atoms with Crippen molar-refractivity contribution in [1.29, 1.82) is 0 Å².